The molecule has 4 rings (SSSR count). The SMILES string of the molecule is CN(C)c1ncc(CN2CCC[C@H]([C@@H](NC(=O)c3ccccc3)c3nccs3)C2)cn1. The van der Waals surface area contributed by atoms with Crippen molar-refractivity contribution in [1.29, 1.82) is 0 Å². The van der Waals surface area contributed by atoms with E-state index in [1.807, 2.05) is 73.3 Å². The highest BCUT2D eigenvalue weighted by Gasteiger charge is 2.31. The Morgan fingerprint density at radius 2 is 2.00 bits per heavy atom. The molecule has 2 aromatic heterocycles. The van der Waals surface area contributed by atoms with Crippen LogP contribution >= 0.6 is 11.3 Å². The molecule has 0 saturated carbocycles. The quantitative estimate of drug-likeness (QED) is 0.612. The zero-order valence-corrected chi connectivity index (χ0v) is 18.8. The van der Waals surface area contributed by atoms with Gasteiger partial charge >= 0.3 is 0 Å². The molecule has 1 aliphatic heterocycles. The fraction of sp³-hybridized carbons (Fsp3) is 0.391. The summed E-state index contributed by atoms with van der Waals surface area (Å²) in [6.07, 6.45) is 7.77. The molecule has 1 aromatic carbocycles. The van der Waals surface area contributed by atoms with Gasteiger partial charge in [0.05, 0.1) is 6.04 Å². The summed E-state index contributed by atoms with van der Waals surface area (Å²) in [5, 5.41) is 6.20. The number of nitrogens with one attached hydrogen (secondary N) is 1. The molecule has 0 spiro atoms. The second-order valence-corrected chi connectivity index (χ2v) is 9.04. The maximum atomic E-state index is 12.9. The number of benzene rings is 1. The number of hydrogen-bond donors (Lipinski definition) is 1. The third kappa shape index (κ3) is 5.45. The summed E-state index contributed by atoms with van der Waals surface area (Å²) in [5.74, 6) is 0.966. The molecule has 1 aliphatic rings. The number of anilines is 1. The predicted molar refractivity (Wildman–Crippen MR) is 123 cm³/mol. The van der Waals surface area contributed by atoms with Gasteiger partial charge in [0.25, 0.3) is 5.91 Å². The minimum absolute atomic E-state index is 0.0504. The molecular formula is C23H28N6OS. The molecule has 0 bridgehead atoms. The molecule has 2 atom stereocenters. The molecule has 1 fully saturated rings. The van der Waals surface area contributed by atoms with Gasteiger partial charge in [-0.25, -0.2) is 15.0 Å². The van der Waals surface area contributed by atoms with Crippen LogP contribution in [-0.2, 0) is 6.54 Å². The summed E-state index contributed by atoms with van der Waals surface area (Å²) in [6.45, 7) is 2.74. The average molecular weight is 437 g/mol. The lowest BCUT2D eigenvalue weighted by Gasteiger charge is -2.36. The molecule has 0 aliphatic carbocycles. The first-order chi connectivity index (χ1) is 15.1. The summed E-state index contributed by atoms with van der Waals surface area (Å²) in [6, 6.07) is 9.29. The molecule has 0 unspecified atom stereocenters. The zero-order chi connectivity index (χ0) is 21.6. The second kappa shape index (κ2) is 9.98. The highest BCUT2D eigenvalue weighted by molar-refractivity contribution is 7.09. The number of nitrogens with zero attached hydrogens (tertiary/aromatic N) is 5. The number of thiazole rings is 1. The van der Waals surface area contributed by atoms with Crippen molar-refractivity contribution >= 4 is 23.2 Å². The Morgan fingerprint density at radius 3 is 2.68 bits per heavy atom. The number of likely N-dealkylation sites (tertiary alicyclic amines) is 1. The summed E-state index contributed by atoms with van der Waals surface area (Å²) in [4.78, 5) is 30.6. The average Bonchev–Trinajstić information content (AvgIpc) is 3.33. The Kier molecular flexibility index (Phi) is 6.89. The van der Waals surface area contributed by atoms with Gasteiger partial charge in [-0.3, -0.25) is 9.69 Å². The number of hydrogen-bond acceptors (Lipinski definition) is 7. The van der Waals surface area contributed by atoms with E-state index in [1.165, 1.54) is 0 Å². The van der Waals surface area contributed by atoms with E-state index in [9.17, 15) is 4.79 Å². The standard InChI is InChI=1S/C23H28N6OS/c1-28(2)23-25-13-17(14-26-23)15-29-11-6-9-19(16-29)20(22-24-10-12-31-22)27-21(30)18-7-4-3-5-8-18/h3-5,7-8,10,12-14,19-20H,6,9,11,15-16H2,1-2H3,(H,27,30)/t19-,20+/m0/s1. The normalized spacial score (nSPS) is 17.8. The third-order valence-electron chi connectivity index (χ3n) is 5.55. The van der Waals surface area contributed by atoms with Crippen LogP contribution in [0.25, 0.3) is 0 Å². The van der Waals surface area contributed by atoms with Crippen molar-refractivity contribution in [2.75, 3.05) is 32.1 Å². The highest BCUT2D eigenvalue weighted by atomic mass is 32.1. The van der Waals surface area contributed by atoms with Crippen LogP contribution in [0.4, 0.5) is 5.95 Å². The van der Waals surface area contributed by atoms with E-state index < -0.39 is 0 Å². The smallest absolute Gasteiger partial charge is 0.251 e. The van der Waals surface area contributed by atoms with Gasteiger partial charge in [-0.15, -0.1) is 11.3 Å². The number of carbonyl (C=O) groups excluding carboxylic acids is 1. The molecule has 3 aromatic rings. The van der Waals surface area contributed by atoms with Gasteiger partial charge in [0.15, 0.2) is 0 Å². The lowest BCUT2D eigenvalue weighted by molar-refractivity contribution is 0.0877. The Morgan fingerprint density at radius 1 is 1.23 bits per heavy atom. The first kappa shape index (κ1) is 21.4. The van der Waals surface area contributed by atoms with Crippen LogP contribution in [0.5, 0.6) is 0 Å². The fourth-order valence-corrected chi connectivity index (χ4v) is 4.79. The number of carbonyl (C=O) groups is 1. The van der Waals surface area contributed by atoms with Crippen LogP contribution in [0, 0.1) is 5.92 Å². The molecule has 8 heteroatoms. The van der Waals surface area contributed by atoms with Gasteiger partial charge < -0.3 is 10.2 Å². The molecule has 3 heterocycles. The van der Waals surface area contributed by atoms with Crippen LogP contribution in [-0.4, -0.2) is 52.9 Å². The molecular weight excluding hydrogens is 408 g/mol. The van der Waals surface area contributed by atoms with Gasteiger partial charge in [0.1, 0.15) is 5.01 Å². The van der Waals surface area contributed by atoms with Gasteiger partial charge in [0.2, 0.25) is 5.95 Å². The van der Waals surface area contributed by atoms with E-state index in [4.69, 9.17) is 0 Å². The monoisotopic (exact) mass is 436 g/mol. The molecule has 162 valence electrons. The Bertz CT molecular complexity index is 962. The minimum atomic E-state index is -0.0946. The van der Waals surface area contributed by atoms with Crippen molar-refractivity contribution in [3.63, 3.8) is 0 Å². The van der Waals surface area contributed by atoms with Crippen LogP contribution in [0.3, 0.4) is 0 Å². The van der Waals surface area contributed by atoms with Crippen molar-refractivity contribution < 1.29 is 4.79 Å². The van der Waals surface area contributed by atoms with Crippen molar-refractivity contribution in [2.24, 2.45) is 5.92 Å². The summed E-state index contributed by atoms with van der Waals surface area (Å²) in [5.41, 5.74) is 1.78. The van der Waals surface area contributed by atoms with Crippen molar-refractivity contribution in [1.82, 2.24) is 25.2 Å². The van der Waals surface area contributed by atoms with E-state index in [0.717, 1.165) is 43.0 Å². The van der Waals surface area contributed by atoms with Crippen molar-refractivity contribution in [2.45, 2.75) is 25.4 Å². The number of rotatable bonds is 7. The molecule has 1 amide bonds. The topological polar surface area (TPSA) is 74.2 Å². The number of amides is 1. The summed E-state index contributed by atoms with van der Waals surface area (Å²) < 4.78 is 0. The highest BCUT2D eigenvalue weighted by Crippen LogP contribution is 2.32. The molecule has 0 radical (unpaired) electrons. The second-order valence-electron chi connectivity index (χ2n) is 8.11. The van der Waals surface area contributed by atoms with Crippen LogP contribution < -0.4 is 10.2 Å². The minimum Gasteiger partial charge on any atom is -0.347 e. The van der Waals surface area contributed by atoms with Crippen LogP contribution in [0.15, 0.2) is 54.3 Å². The summed E-state index contributed by atoms with van der Waals surface area (Å²) >= 11 is 1.60. The maximum Gasteiger partial charge on any atom is 0.251 e. The van der Waals surface area contributed by atoms with E-state index >= 15 is 0 Å². The molecule has 31 heavy (non-hydrogen) atoms. The number of aromatic nitrogens is 3. The maximum absolute atomic E-state index is 12.9. The number of piperidine rings is 1. The first-order valence-electron chi connectivity index (χ1n) is 10.6. The Balaban J connectivity index is 1.46. The first-order valence-corrected chi connectivity index (χ1v) is 11.4. The van der Waals surface area contributed by atoms with Gasteiger partial charge in [-0.1, -0.05) is 18.2 Å². The third-order valence-corrected chi connectivity index (χ3v) is 6.41. The van der Waals surface area contributed by atoms with Gasteiger partial charge in [-0.05, 0) is 37.4 Å². The van der Waals surface area contributed by atoms with Gasteiger partial charge in [-0.2, -0.15) is 0 Å². The van der Waals surface area contributed by atoms with E-state index in [1.54, 1.807) is 11.3 Å². The van der Waals surface area contributed by atoms with Crippen LogP contribution in [0.1, 0.15) is 39.8 Å². The lowest BCUT2D eigenvalue weighted by atomic mass is 9.90. The predicted octanol–water partition coefficient (Wildman–Crippen LogP) is 3.38. The van der Waals surface area contributed by atoms with E-state index in [0.29, 0.717) is 17.4 Å². The molecule has 7 nitrogen and oxygen atoms in total. The summed E-state index contributed by atoms with van der Waals surface area (Å²) in [7, 11) is 3.87. The zero-order valence-electron chi connectivity index (χ0n) is 17.9. The Hall–Kier alpha value is -2.84. The molecule has 1 saturated heterocycles. The largest absolute Gasteiger partial charge is 0.347 e. The van der Waals surface area contributed by atoms with E-state index in [-0.39, 0.29) is 11.9 Å². The lowest BCUT2D eigenvalue weighted by Crippen LogP contribution is -2.42. The Labute approximate surface area is 187 Å². The van der Waals surface area contributed by atoms with Crippen LogP contribution in [0.2, 0.25) is 0 Å². The fourth-order valence-electron chi connectivity index (χ4n) is 4.01. The van der Waals surface area contributed by atoms with E-state index in [2.05, 4.69) is 25.2 Å². The van der Waals surface area contributed by atoms with Gasteiger partial charge in [0, 0.05) is 62.3 Å². The molecule has 1 N–H and O–H groups in total. The van der Waals surface area contributed by atoms with Crippen molar-refractivity contribution in [3.05, 3.63) is 70.4 Å². The van der Waals surface area contributed by atoms with Crippen molar-refractivity contribution in [3.8, 4) is 0 Å².